The molecule has 2 nitrogen and oxygen atoms in total. The van der Waals surface area contributed by atoms with Crippen molar-refractivity contribution in [3.05, 3.63) is 48.2 Å². The Morgan fingerprint density at radius 1 is 1.00 bits per heavy atom. The molecule has 0 bridgehead atoms. The molecular formula is C19H28O2Si. The van der Waals surface area contributed by atoms with E-state index in [2.05, 4.69) is 58.1 Å². The minimum absolute atomic E-state index is 0.276. The largest absolute Gasteiger partial charge is 0.461 e. The minimum atomic E-state index is -1.62. The quantitative estimate of drug-likeness (QED) is 0.489. The summed E-state index contributed by atoms with van der Waals surface area (Å²) in [7, 11) is -1.62. The lowest BCUT2D eigenvalue weighted by Crippen LogP contribution is -2.41. The molecule has 2 rings (SSSR count). The van der Waals surface area contributed by atoms with Crippen molar-refractivity contribution in [1.82, 2.24) is 0 Å². The van der Waals surface area contributed by atoms with Crippen molar-refractivity contribution in [2.45, 2.75) is 51.7 Å². The zero-order chi connectivity index (χ0) is 16.2. The van der Waals surface area contributed by atoms with Crippen LogP contribution in [-0.4, -0.2) is 14.9 Å². The zero-order valence-corrected chi connectivity index (χ0v) is 15.5. The monoisotopic (exact) mass is 316 g/mol. The average Bonchev–Trinajstić information content (AvgIpc) is 2.92. The average molecular weight is 317 g/mol. The van der Waals surface area contributed by atoms with Gasteiger partial charge in [0, 0.05) is 18.6 Å². The van der Waals surface area contributed by atoms with Crippen LogP contribution in [0.25, 0.3) is 11.3 Å². The summed E-state index contributed by atoms with van der Waals surface area (Å²) in [4.78, 5) is 0. The molecule has 3 heteroatoms. The summed E-state index contributed by atoms with van der Waals surface area (Å²) in [5, 5.41) is 0.276. The van der Waals surface area contributed by atoms with Gasteiger partial charge in [0.05, 0.1) is 0 Å². The normalized spacial score (nSPS) is 12.6. The summed E-state index contributed by atoms with van der Waals surface area (Å²) < 4.78 is 12.1. The van der Waals surface area contributed by atoms with Crippen LogP contribution >= 0.6 is 0 Å². The molecule has 0 aliphatic rings. The molecule has 0 saturated heterocycles. The second kappa shape index (κ2) is 6.84. The number of aryl methyl sites for hydroxylation is 1. The topological polar surface area (TPSA) is 22.4 Å². The van der Waals surface area contributed by atoms with Gasteiger partial charge < -0.3 is 8.84 Å². The summed E-state index contributed by atoms with van der Waals surface area (Å²) in [5.74, 6) is 1.98. The van der Waals surface area contributed by atoms with Crippen LogP contribution in [0.3, 0.4) is 0 Å². The summed E-state index contributed by atoms with van der Waals surface area (Å²) in [5.41, 5.74) is 1.13. The second-order valence-corrected chi connectivity index (χ2v) is 12.2. The van der Waals surface area contributed by atoms with Crippen molar-refractivity contribution in [3.8, 4) is 11.3 Å². The van der Waals surface area contributed by atoms with Crippen LogP contribution in [0.15, 0.2) is 46.9 Å². The van der Waals surface area contributed by atoms with Crippen LogP contribution in [-0.2, 0) is 10.8 Å². The molecule has 22 heavy (non-hydrogen) atoms. The van der Waals surface area contributed by atoms with Gasteiger partial charge in [-0.05, 0) is 36.7 Å². The molecule has 2 aromatic rings. The molecule has 0 atom stereocenters. The fourth-order valence-electron chi connectivity index (χ4n) is 2.06. The Kier molecular flexibility index (Phi) is 5.30. The fourth-order valence-corrected chi connectivity index (χ4v) is 3.15. The maximum atomic E-state index is 6.20. The Labute approximate surface area is 135 Å². The third-order valence-electron chi connectivity index (χ3n) is 4.56. The van der Waals surface area contributed by atoms with E-state index in [1.54, 1.807) is 0 Å². The standard InChI is InChI=1S/C19H28O2Si/c1-19(2,3)22(4,5)20-15-9-12-17-13-14-18(21-17)16-10-7-6-8-11-16/h6-8,10-11,13-14H,9,12,15H2,1-5H3. The van der Waals surface area contributed by atoms with Crippen molar-refractivity contribution < 1.29 is 8.84 Å². The number of hydrogen-bond acceptors (Lipinski definition) is 2. The molecular weight excluding hydrogens is 288 g/mol. The molecule has 0 fully saturated rings. The number of furan rings is 1. The third kappa shape index (κ3) is 4.34. The lowest BCUT2D eigenvalue weighted by Gasteiger charge is -2.36. The minimum Gasteiger partial charge on any atom is -0.461 e. The first kappa shape index (κ1) is 17.0. The maximum Gasteiger partial charge on any atom is 0.191 e. The molecule has 0 N–H and O–H groups in total. The van der Waals surface area contributed by atoms with E-state index in [0.717, 1.165) is 36.5 Å². The highest BCUT2D eigenvalue weighted by Crippen LogP contribution is 2.36. The van der Waals surface area contributed by atoms with E-state index < -0.39 is 8.32 Å². The highest BCUT2D eigenvalue weighted by Gasteiger charge is 2.36. The van der Waals surface area contributed by atoms with Crippen molar-refractivity contribution in [2.24, 2.45) is 0 Å². The highest BCUT2D eigenvalue weighted by atomic mass is 28.4. The smallest absolute Gasteiger partial charge is 0.191 e. The van der Waals surface area contributed by atoms with Gasteiger partial charge in [0.2, 0.25) is 0 Å². The van der Waals surface area contributed by atoms with E-state index in [0.29, 0.717) is 0 Å². The number of hydrogen-bond donors (Lipinski definition) is 0. The lowest BCUT2D eigenvalue weighted by atomic mass is 10.2. The first-order valence-electron chi connectivity index (χ1n) is 8.08. The molecule has 0 saturated carbocycles. The molecule has 0 aliphatic carbocycles. The second-order valence-electron chi connectivity index (χ2n) is 7.34. The van der Waals surface area contributed by atoms with Gasteiger partial charge in [-0.1, -0.05) is 51.1 Å². The number of benzene rings is 1. The molecule has 0 spiro atoms. The molecule has 1 heterocycles. The summed E-state index contributed by atoms with van der Waals surface area (Å²) >= 11 is 0. The SMILES string of the molecule is CC(C)(C)[Si](C)(C)OCCCc1ccc(-c2ccccc2)o1. The van der Waals surface area contributed by atoms with Crippen LogP contribution in [0.2, 0.25) is 18.1 Å². The molecule has 0 amide bonds. The van der Waals surface area contributed by atoms with E-state index >= 15 is 0 Å². The maximum absolute atomic E-state index is 6.20. The van der Waals surface area contributed by atoms with Gasteiger partial charge in [0.1, 0.15) is 11.5 Å². The summed E-state index contributed by atoms with van der Waals surface area (Å²) in [6, 6.07) is 14.4. The Hall–Kier alpha value is -1.32. The van der Waals surface area contributed by atoms with Crippen molar-refractivity contribution >= 4 is 8.32 Å². The van der Waals surface area contributed by atoms with Crippen molar-refractivity contribution in [1.29, 1.82) is 0 Å². The Morgan fingerprint density at radius 3 is 2.32 bits per heavy atom. The van der Waals surface area contributed by atoms with E-state index in [9.17, 15) is 0 Å². The predicted octanol–water partition coefficient (Wildman–Crippen LogP) is 5.90. The zero-order valence-electron chi connectivity index (χ0n) is 14.5. The van der Waals surface area contributed by atoms with Crippen molar-refractivity contribution in [2.75, 3.05) is 6.61 Å². The fraction of sp³-hybridized carbons (Fsp3) is 0.474. The van der Waals surface area contributed by atoms with Gasteiger partial charge in [0.15, 0.2) is 8.32 Å². The molecule has 0 aliphatic heterocycles. The van der Waals surface area contributed by atoms with Gasteiger partial charge in [-0.25, -0.2) is 0 Å². The van der Waals surface area contributed by atoms with E-state index in [1.165, 1.54) is 0 Å². The van der Waals surface area contributed by atoms with Gasteiger partial charge in [-0.2, -0.15) is 0 Å². The Morgan fingerprint density at radius 2 is 1.68 bits per heavy atom. The predicted molar refractivity (Wildman–Crippen MR) is 95.6 cm³/mol. The van der Waals surface area contributed by atoms with Gasteiger partial charge in [0.25, 0.3) is 0 Å². The van der Waals surface area contributed by atoms with Crippen molar-refractivity contribution in [3.63, 3.8) is 0 Å². The highest BCUT2D eigenvalue weighted by molar-refractivity contribution is 6.74. The van der Waals surface area contributed by atoms with Gasteiger partial charge >= 0.3 is 0 Å². The molecule has 1 aromatic heterocycles. The van der Waals surface area contributed by atoms with Gasteiger partial charge in [-0.3, -0.25) is 0 Å². The Balaban J connectivity index is 1.83. The summed E-state index contributed by atoms with van der Waals surface area (Å²) in [6.45, 7) is 12.2. The lowest BCUT2D eigenvalue weighted by molar-refractivity contribution is 0.279. The van der Waals surface area contributed by atoms with Crippen LogP contribution in [0, 0.1) is 0 Å². The van der Waals surface area contributed by atoms with E-state index in [4.69, 9.17) is 8.84 Å². The van der Waals surface area contributed by atoms with E-state index in [-0.39, 0.29) is 5.04 Å². The molecule has 0 unspecified atom stereocenters. The molecule has 1 aromatic carbocycles. The summed E-state index contributed by atoms with van der Waals surface area (Å²) in [6.07, 6.45) is 1.94. The molecule has 120 valence electrons. The Bertz CT molecular complexity index is 579. The van der Waals surface area contributed by atoms with Crippen LogP contribution < -0.4 is 0 Å². The third-order valence-corrected chi connectivity index (χ3v) is 9.09. The first-order chi connectivity index (χ1) is 10.3. The van der Waals surface area contributed by atoms with Crippen LogP contribution in [0.5, 0.6) is 0 Å². The van der Waals surface area contributed by atoms with Gasteiger partial charge in [-0.15, -0.1) is 0 Å². The first-order valence-corrected chi connectivity index (χ1v) is 11.0. The van der Waals surface area contributed by atoms with Crippen LogP contribution in [0.1, 0.15) is 33.0 Å². The number of rotatable bonds is 6. The molecule has 0 radical (unpaired) electrons. The van der Waals surface area contributed by atoms with E-state index in [1.807, 2.05) is 18.2 Å². The van der Waals surface area contributed by atoms with Crippen LogP contribution in [0.4, 0.5) is 0 Å².